The Bertz CT molecular complexity index is 1330. The van der Waals surface area contributed by atoms with Gasteiger partial charge in [-0.3, -0.25) is 9.59 Å². The molecule has 2 N–H and O–H groups in total. The fourth-order valence-electron chi connectivity index (χ4n) is 3.68. The molecule has 2 amide bonds. The van der Waals surface area contributed by atoms with E-state index in [9.17, 15) is 9.59 Å². The van der Waals surface area contributed by atoms with Gasteiger partial charge in [0.15, 0.2) is 0 Å². The van der Waals surface area contributed by atoms with Crippen LogP contribution in [0.4, 0.5) is 5.69 Å². The van der Waals surface area contributed by atoms with Gasteiger partial charge in [-0.05, 0) is 96.2 Å². The van der Waals surface area contributed by atoms with E-state index in [1.807, 2.05) is 30.3 Å². The van der Waals surface area contributed by atoms with E-state index in [4.69, 9.17) is 0 Å². The van der Waals surface area contributed by atoms with Crippen LogP contribution in [-0.2, 0) is 13.1 Å². The van der Waals surface area contributed by atoms with E-state index in [0.717, 1.165) is 30.0 Å². The molecule has 0 bridgehead atoms. The molecule has 0 unspecified atom stereocenters. The average Bonchev–Trinajstić information content (AvgIpc) is 3.44. The van der Waals surface area contributed by atoms with Crippen LogP contribution in [0.15, 0.2) is 73.1 Å². The zero-order valence-corrected chi connectivity index (χ0v) is 20.6. The van der Waals surface area contributed by atoms with Crippen molar-refractivity contribution >= 4 is 17.5 Å². The lowest BCUT2D eigenvalue weighted by atomic mass is 10.1. The number of carbonyl (C=O) groups excluding carboxylic acids is 2. The van der Waals surface area contributed by atoms with Gasteiger partial charge in [0, 0.05) is 29.9 Å². The van der Waals surface area contributed by atoms with Gasteiger partial charge >= 0.3 is 0 Å². The number of benzene rings is 3. The third-order valence-corrected chi connectivity index (χ3v) is 5.97. The van der Waals surface area contributed by atoms with Gasteiger partial charge in [-0.25, -0.2) is 4.68 Å². The molecular weight excluding hydrogens is 454 g/mol. The molecule has 0 radical (unpaired) electrons. The average molecular weight is 484 g/mol. The standard InChI is InChI=1S/C27H29N7O2/c1-4-33(3)17-23-15-24(11-8-19(23)2)30-27(36)22-7-5-6-20(14-22)16-28-26(35)21-9-12-25(13-10-21)34-18-29-31-32-34/h5-15,18H,4,16-17H2,1-3H3,(H,28,35)(H,30,36). The number of hydrogen-bond acceptors (Lipinski definition) is 6. The van der Waals surface area contributed by atoms with E-state index in [2.05, 4.69) is 52.0 Å². The van der Waals surface area contributed by atoms with Crippen molar-refractivity contribution < 1.29 is 9.59 Å². The van der Waals surface area contributed by atoms with E-state index in [0.29, 0.717) is 17.7 Å². The van der Waals surface area contributed by atoms with Gasteiger partial charge in [0.2, 0.25) is 0 Å². The summed E-state index contributed by atoms with van der Waals surface area (Å²) < 4.78 is 1.51. The number of hydrogen-bond donors (Lipinski definition) is 2. The smallest absolute Gasteiger partial charge is 0.255 e. The summed E-state index contributed by atoms with van der Waals surface area (Å²) in [7, 11) is 2.07. The summed E-state index contributed by atoms with van der Waals surface area (Å²) >= 11 is 0. The molecule has 9 heteroatoms. The third kappa shape index (κ3) is 6.19. The summed E-state index contributed by atoms with van der Waals surface area (Å²) in [5, 5.41) is 16.9. The molecule has 0 saturated heterocycles. The molecule has 0 aliphatic rings. The normalized spacial score (nSPS) is 10.9. The maximum absolute atomic E-state index is 12.9. The number of rotatable bonds is 9. The molecule has 0 saturated carbocycles. The van der Waals surface area contributed by atoms with Gasteiger partial charge in [0.05, 0.1) is 5.69 Å². The van der Waals surface area contributed by atoms with Crippen LogP contribution in [0.2, 0.25) is 0 Å². The summed E-state index contributed by atoms with van der Waals surface area (Å²) in [6.07, 6.45) is 1.49. The van der Waals surface area contributed by atoms with E-state index in [-0.39, 0.29) is 11.8 Å². The number of anilines is 1. The molecule has 0 spiro atoms. The van der Waals surface area contributed by atoms with Crippen LogP contribution in [0, 0.1) is 6.92 Å². The Morgan fingerprint density at radius 1 is 0.972 bits per heavy atom. The van der Waals surface area contributed by atoms with Crippen molar-refractivity contribution in [3.8, 4) is 5.69 Å². The minimum Gasteiger partial charge on any atom is -0.348 e. The first kappa shape index (κ1) is 24.7. The minimum atomic E-state index is -0.211. The number of aromatic nitrogens is 4. The fourth-order valence-corrected chi connectivity index (χ4v) is 3.68. The summed E-state index contributed by atoms with van der Waals surface area (Å²) in [6, 6.07) is 20.2. The predicted octanol–water partition coefficient (Wildman–Crippen LogP) is 3.60. The topological polar surface area (TPSA) is 105 Å². The van der Waals surface area contributed by atoms with E-state index < -0.39 is 0 Å². The Morgan fingerprint density at radius 2 is 1.78 bits per heavy atom. The van der Waals surface area contributed by atoms with Crippen molar-refractivity contribution in [3.05, 3.63) is 101 Å². The molecule has 4 aromatic rings. The molecule has 36 heavy (non-hydrogen) atoms. The van der Waals surface area contributed by atoms with Gasteiger partial charge in [0.1, 0.15) is 6.33 Å². The first-order valence-electron chi connectivity index (χ1n) is 11.7. The highest BCUT2D eigenvalue weighted by Gasteiger charge is 2.11. The summed E-state index contributed by atoms with van der Waals surface area (Å²) in [4.78, 5) is 27.7. The molecule has 1 aromatic heterocycles. The number of tetrazole rings is 1. The molecule has 4 rings (SSSR count). The largest absolute Gasteiger partial charge is 0.348 e. The molecular formula is C27H29N7O2. The Morgan fingerprint density at radius 3 is 2.50 bits per heavy atom. The van der Waals surface area contributed by atoms with E-state index in [1.54, 1.807) is 36.4 Å². The maximum Gasteiger partial charge on any atom is 0.255 e. The Hall–Kier alpha value is -4.37. The van der Waals surface area contributed by atoms with Crippen molar-refractivity contribution in [1.82, 2.24) is 30.4 Å². The van der Waals surface area contributed by atoms with Crippen LogP contribution in [0.5, 0.6) is 0 Å². The van der Waals surface area contributed by atoms with E-state index >= 15 is 0 Å². The molecule has 9 nitrogen and oxygen atoms in total. The fraction of sp³-hybridized carbons (Fsp3) is 0.222. The second-order valence-electron chi connectivity index (χ2n) is 8.61. The van der Waals surface area contributed by atoms with Crippen molar-refractivity contribution in [1.29, 1.82) is 0 Å². The highest BCUT2D eigenvalue weighted by molar-refractivity contribution is 6.04. The lowest BCUT2D eigenvalue weighted by Gasteiger charge is -2.17. The van der Waals surface area contributed by atoms with Gasteiger partial charge in [-0.2, -0.15) is 0 Å². The Balaban J connectivity index is 1.37. The van der Waals surface area contributed by atoms with Crippen LogP contribution in [-0.4, -0.2) is 50.5 Å². The highest BCUT2D eigenvalue weighted by Crippen LogP contribution is 2.18. The van der Waals surface area contributed by atoms with Crippen LogP contribution >= 0.6 is 0 Å². The first-order chi connectivity index (χ1) is 17.4. The zero-order chi connectivity index (χ0) is 25.5. The third-order valence-electron chi connectivity index (χ3n) is 5.97. The molecule has 0 atom stereocenters. The van der Waals surface area contributed by atoms with Gasteiger partial charge in [-0.1, -0.05) is 25.1 Å². The maximum atomic E-state index is 12.9. The zero-order valence-electron chi connectivity index (χ0n) is 20.6. The van der Waals surface area contributed by atoms with Crippen molar-refractivity contribution in [2.45, 2.75) is 26.9 Å². The number of nitrogens with zero attached hydrogens (tertiary/aromatic N) is 5. The van der Waals surface area contributed by atoms with Gasteiger partial charge in [0.25, 0.3) is 11.8 Å². The molecule has 0 aliphatic heterocycles. The Kier molecular flexibility index (Phi) is 7.82. The molecule has 1 heterocycles. The van der Waals surface area contributed by atoms with Crippen LogP contribution in [0.25, 0.3) is 5.69 Å². The summed E-state index contributed by atoms with van der Waals surface area (Å²) in [5.41, 5.74) is 5.76. The van der Waals surface area contributed by atoms with Crippen molar-refractivity contribution in [3.63, 3.8) is 0 Å². The van der Waals surface area contributed by atoms with Crippen molar-refractivity contribution in [2.24, 2.45) is 0 Å². The second-order valence-corrected chi connectivity index (χ2v) is 8.61. The Labute approximate surface area is 210 Å². The summed E-state index contributed by atoms with van der Waals surface area (Å²) in [5.74, 6) is -0.405. The van der Waals surface area contributed by atoms with Gasteiger partial charge in [-0.15, -0.1) is 5.10 Å². The molecule has 0 aliphatic carbocycles. The summed E-state index contributed by atoms with van der Waals surface area (Å²) in [6.45, 7) is 6.26. The van der Waals surface area contributed by atoms with Crippen LogP contribution in [0.3, 0.4) is 0 Å². The minimum absolute atomic E-state index is 0.194. The van der Waals surface area contributed by atoms with Gasteiger partial charge < -0.3 is 15.5 Å². The second kappa shape index (κ2) is 11.4. The lowest BCUT2D eigenvalue weighted by Crippen LogP contribution is -2.23. The van der Waals surface area contributed by atoms with Crippen molar-refractivity contribution in [2.75, 3.05) is 18.9 Å². The predicted molar refractivity (Wildman–Crippen MR) is 138 cm³/mol. The quantitative estimate of drug-likeness (QED) is 0.377. The SMILES string of the molecule is CCN(C)Cc1cc(NC(=O)c2cccc(CNC(=O)c3ccc(-n4cnnn4)cc3)c2)ccc1C. The molecule has 184 valence electrons. The molecule has 0 fully saturated rings. The lowest BCUT2D eigenvalue weighted by molar-refractivity contribution is 0.0950. The number of aryl methyl sites for hydroxylation is 1. The molecule has 3 aromatic carbocycles. The number of nitrogens with one attached hydrogen (secondary N) is 2. The van der Waals surface area contributed by atoms with E-state index in [1.165, 1.54) is 22.1 Å². The first-order valence-corrected chi connectivity index (χ1v) is 11.7. The monoisotopic (exact) mass is 483 g/mol. The highest BCUT2D eigenvalue weighted by atomic mass is 16.2. The van der Waals surface area contributed by atoms with Crippen LogP contribution in [0.1, 0.15) is 44.3 Å². The number of amides is 2. The number of carbonyl (C=O) groups is 2. The van der Waals surface area contributed by atoms with Crippen LogP contribution < -0.4 is 10.6 Å².